The number of rotatable bonds is 0. The highest BCUT2D eigenvalue weighted by atomic mass is 35.5. The Labute approximate surface area is 130 Å². The van der Waals surface area contributed by atoms with E-state index < -0.39 is 0 Å². The summed E-state index contributed by atoms with van der Waals surface area (Å²) in [7, 11) is 0. The average molecular weight is 320 g/mol. The molecule has 7 heteroatoms. The highest BCUT2D eigenvalue weighted by Crippen LogP contribution is 2.12. The molecule has 3 N–H and O–H groups in total. The van der Waals surface area contributed by atoms with Crippen molar-refractivity contribution >= 4 is 23.2 Å². The number of nitrogens with zero attached hydrogens (tertiary/aromatic N) is 2. The number of piperazine rings is 1. The number of piperidine rings is 1. The molecule has 0 bridgehead atoms. The summed E-state index contributed by atoms with van der Waals surface area (Å²) in [5.41, 5.74) is 0. The van der Waals surface area contributed by atoms with Crippen molar-refractivity contribution < 1.29 is 0 Å². The van der Waals surface area contributed by atoms with Crippen LogP contribution in [0.2, 0.25) is 10.3 Å². The molecule has 0 unspecified atom stereocenters. The smallest absolute Gasteiger partial charge is 0.166 e. The largest absolute Gasteiger partial charge is 0.317 e. The van der Waals surface area contributed by atoms with E-state index in [1.807, 2.05) is 0 Å². The van der Waals surface area contributed by atoms with Crippen molar-refractivity contribution in [3.63, 3.8) is 0 Å². The molecule has 5 nitrogen and oxygen atoms in total. The fourth-order valence-corrected chi connectivity index (χ4v) is 1.92. The summed E-state index contributed by atoms with van der Waals surface area (Å²) >= 11 is 10.8. The summed E-state index contributed by atoms with van der Waals surface area (Å²) < 4.78 is 0. The molecule has 2 aliphatic rings. The quantitative estimate of drug-likeness (QED) is 0.679. The van der Waals surface area contributed by atoms with Gasteiger partial charge in [-0.1, -0.05) is 29.6 Å². The Bertz CT molecular complexity index is 287. The molecule has 1 aromatic heterocycles. The molecule has 0 saturated carbocycles. The maximum absolute atomic E-state index is 5.40. The summed E-state index contributed by atoms with van der Waals surface area (Å²) in [4.78, 5) is 7.30. The zero-order chi connectivity index (χ0) is 14.5. The van der Waals surface area contributed by atoms with E-state index >= 15 is 0 Å². The summed E-state index contributed by atoms with van der Waals surface area (Å²) in [6.45, 7) is 7.06. The first kappa shape index (κ1) is 17.6. The fraction of sp³-hybridized carbons (Fsp3) is 0.692. The van der Waals surface area contributed by atoms with Crippen molar-refractivity contribution in [3.8, 4) is 0 Å². The van der Waals surface area contributed by atoms with Crippen molar-refractivity contribution in [2.24, 2.45) is 0 Å². The molecule has 0 amide bonds. The van der Waals surface area contributed by atoms with E-state index in [-0.39, 0.29) is 10.3 Å². The van der Waals surface area contributed by atoms with Crippen LogP contribution in [0.5, 0.6) is 0 Å². The summed E-state index contributed by atoms with van der Waals surface area (Å²) in [6, 6.07) is 0. The molecular weight excluding hydrogens is 297 g/mol. The van der Waals surface area contributed by atoms with Crippen molar-refractivity contribution in [1.82, 2.24) is 25.9 Å². The summed E-state index contributed by atoms with van der Waals surface area (Å²) in [6.07, 6.45) is 7.18. The zero-order valence-electron chi connectivity index (χ0n) is 11.7. The van der Waals surface area contributed by atoms with E-state index in [9.17, 15) is 0 Å². The summed E-state index contributed by atoms with van der Waals surface area (Å²) in [5, 5.41) is 10.2. The van der Waals surface area contributed by atoms with E-state index in [2.05, 4.69) is 25.9 Å². The Balaban J connectivity index is 0.000000152. The Kier molecular flexibility index (Phi) is 10.8. The Morgan fingerprint density at radius 3 is 1.25 bits per heavy atom. The number of aromatic nitrogens is 2. The monoisotopic (exact) mass is 319 g/mol. The minimum absolute atomic E-state index is 0.245. The van der Waals surface area contributed by atoms with E-state index in [1.54, 1.807) is 0 Å². The van der Waals surface area contributed by atoms with Crippen molar-refractivity contribution in [2.45, 2.75) is 19.3 Å². The lowest BCUT2D eigenvalue weighted by atomic mass is 10.2. The zero-order valence-corrected chi connectivity index (χ0v) is 13.2. The number of hydrogen-bond acceptors (Lipinski definition) is 5. The van der Waals surface area contributed by atoms with Crippen molar-refractivity contribution in [1.29, 1.82) is 0 Å². The molecule has 20 heavy (non-hydrogen) atoms. The van der Waals surface area contributed by atoms with Gasteiger partial charge in [-0.15, -0.1) is 0 Å². The first-order chi connectivity index (χ1) is 9.80. The Hall–Kier alpha value is -0.460. The van der Waals surface area contributed by atoms with Crippen LogP contribution in [-0.4, -0.2) is 49.2 Å². The third kappa shape index (κ3) is 9.44. The second-order valence-corrected chi connectivity index (χ2v) is 5.16. The van der Waals surface area contributed by atoms with Gasteiger partial charge in [0, 0.05) is 38.6 Å². The standard InChI is InChI=1S/C5H11N.C4H2Cl2N2.C4H10N2/c1-2-4-6-5-3-1;5-3-4(6)8-2-1-7-3;1-2-6-4-3-5-1/h6H,1-5H2;1-2H;5-6H,1-4H2. The average Bonchev–Trinajstić information content (AvgIpc) is 2.55. The van der Waals surface area contributed by atoms with Crippen LogP contribution in [0.25, 0.3) is 0 Å². The molecule has 0 aromatic carbocycles. The lowest BCUT2D eigenvalue weighted by Crippen LogP contribution is -2.39. The van der Waals surface area contributed by atoms with Gasteiger partial charge in [0.15, 0.2) is 10.3 Å². The second kappa shape index (κ2) is 12.3. The summed E-state index contributed by atoms with van der Waals surface area (Å²) in [5.74, 6) is 0. The number of nitrogens with one attached hydrogen (secondary N) is 3. The van der Waals surface area contributed by atoms with Crippen molar-refractivity contribution in [2.75, 3.05) is 39.3 Å². The number of hydrogen-bond donors (Lipinski definition) is 3. The molecule has 3 rings (SSSR count). The van der Waals surface area contributed by atoms with Gasteiger partial charge in [-0.2, -0.15) is 0 Å². The van der Waals surface area contributed by atoms with E-state index in [0.717, 1.165) is 26.2 Å². The molecule has 0 radical (unpaired) electrons. The van der Waals surface area contributed by atoms with Gasteiger partial charge in [0.1, 0.15) is 0 Å². The van der Waals surface area contributed by atoms with Gasteiger partial charge in [-0.05, 0) is 25.9 Å². The lowest BCUT2D eigenvalue weighted by Gasteiger charge is -2.11. The van der Waals surface area contributed by atoms with Crippen LogP contribution >= 0.6 is 23.2 Å². The van der Waals surface area contributed by atoms with Crippen LogP contribution in [0, 0.1) is 0 Å². The predicted octanol–water partition coefficient (Wildman–Crippen LogP) is 1.72. The third-order valence-corrected chi connectivity index (χ3v) is 3.43. The molecule has 0 aliphatic carbocycles. The number of halogens is 2. The van der Waals surface area contributed by atoms with Gasteiger partial charge >= 0.3 is 0 Å². The highest BCUT2D eigenvalue weighted by molar-refractivity contribution is 6.40. The minimum atomic E-state index is 0.245. The normalized spacial score (nSPS) is 18.1. The van der Waals surface area contributed by atoms with Gasteiger partial charge in [-0.3, -0.25) is 0 Å². The maximum Gasteiger partial charge on any atom is 0.166 e. The van der Waals surface area contributed by atoms with E-state index in [0.29, 0.717) is 0 Å². The lowest BCUT2D eigenvalue weighted by molar-refractivity contribution is 0.520. The van der Waals surface area contributed by atoms with Crippen LogP contribution in [0.15, 0.2) is 12.4 Å². The topological polar surface area (TPSA) is 61.9 Å². The Morgan fingerprint density at radius 2 is 1.05 bits per heavy atom. The Morgan fingerprint density at radius 1 is 0.650 bits per heavy atom. The fourth-order valence-electron chi connectivity index (χ4n) is 1.71. The SMILES string of the molecule is C1CCNCC1.C1CNCCN1.Clc1nccnc1Cl. The first-order valence-corrected chi connectivity index (χ1v) is 7.80. The van der Waals surface area contributed by atoms with Crippen LogP contribution < -0.4 is 16.0 Å². The molecule has 0 atom stereocenters. The van der Waals surface area contributed by atoms with Gasteiger partial charge in [-0.25, -0.2) is 9.97 Å². The molecular formula is C13H23Cl2N5. The molecule has 114 valence electrons. The van der Waals surface area contributed by atoms with E-state index in [1.165, 1.54) is 44.7 Å². The molecule has 2 aliphatic heterocycles. The first-order valence-electron chi connectivity index (χ1n) is 7.05. The van der Waals surface area contributed by atoms with Gasteiger partial charge in [0.05, 0.1) is 0 Å². The molecule has 0 spiro atoms. The maximum atomic E-state index is 5.40. The van der Waals surface area contributed by atoms with Crippen LogP contribution in [0.4, 0.5) is 0 Å². The van der Waals surface area contributed by atoms with Gasteiger partial charge < -0.3 is 16.0 Å². The molecule has 2 saturated heterocycles. The molecule has 2 fully saturated rings. The van der Waals surface area contributed by atoms with Crippen molar-refractivity contribution in [3.05, 3.63) is 22.7 Å². The predicted molar refractivity (Wildman–Crippen MR) is 84.5 cm³/mol. The molecule has 3 heterocycles. The van der Waals surface area contributed by atoms with Crippen LogP contribution in [-0.2, 0) is 0 Å². The minimum Gasteiger partial charge on any atom is -0.317 e. The van der Waals surface area contributed by atoms with Crippen LogP contribution in [0.3, 0.4) is 0 Å². The van der Waals surface area contributed by atoms with E-state index in [4.69, 9.17) is 23.2 Å². The van der Waals surface area contributed by atoms with Gasteiger partial charge in [0.25, 0.3) is 0 Å². The second-order valence-electron chi connectivity index (χ2n) is 4.45. The highest BCUT2D eigenvalue weighted by Gasteiger charge is 1.94. The van der Waals surface area contributed by atoms with Crippen LogP contribution in [0.1, 0.15) is 19.3 Å². The van der Waals surface area contributed by atoms with Gasteiger partial charge in [0.2, 0.25) is 0 Å². The molecule has 1 aromatic rings. The third-order valence-electron chi connectivity index (χ3n) is 2.78.